The monoisotopic (exact) mass is 978 g/mol. The Labute approximate surface area is 403 Å². The Kier molecular flexibility index (Phi) is 15.6. The van der Waals surface area contributed by atoms with E-state index in [2.05, 4.69) is 26.3 Å². The summed E-state index contributed by atoms with van der Waals surface area (Å²) in [5.41, 5.74) is 1.54. The van der Waals surface area contributed by atoms with Crippen molar-refractivity contribution >= 4 is 64.6 Å². The predicted octanol–water partition coefficient (Wildman–Crippen LogP) is 6.25. The number of halogens is 2. The molecule has 0 bridgehead atoms. The van der Waals surface area contributed by atoms with E-state index in [1.54, 1.807) is 87.7 Å². The van der Waals surface area contributed by atoms with E-state index >= 15 is 0 Å². The average molecular weight is 980 g/mol. The number of aromatic nitrogens is 3. The van der Waals surface area contributed by atoms with Crippen molar-refractivity contribution < 1.29 is 52.5 Å². The number of hydrogen-bond donors (Lipinski definition) is 4. The molecule has 6 rings (SSSR count). The lowest BCUT2D eigenvalue weighted by molar-refractivity contribution is -0.158. The Bertz CT molecular complexity index is 2580. The summed E-state index contributed by atoms with van der Waals surface area (Å²) in [4.78, 5) is 84.3. The van der Waals surface area contributed by atoms with Crippen LogP contribution in [0.3, 0.4) is 0 Å². The number of anilines is 1. The van der Waals surface area contributed by atoms with Gasteiger partial charge >= 0.3 is 12.1 Å². The molecule has 364 valence electrons. The van der Waals surface area contributed by atoms with Gasteiger partial charge in [-0.3, -0.25) is 24.2 Å². The van der Waals surface area contributed by atoms with Crippen LogP contribution in [0.2, 0.25) is 10.0 Å². The smallest absolute Gasteiger partial charge is 0.408 e. The number of morpholine rings is 1. The molecule has 2 aliphatic rings. The number of carbonyl (C=O) groups excluding carboxylic acids is 6. The number of nitrogens with zero attached hydrogens (tertiary/aromatic N) is 4. The van der Waals surface area contributed by atoms with E-state index in [0.717, 1.165) is 0 Å². The van der Waals surface area contributed by atoms with Crippen molar-refractivity contribution in [2.75, 3.05) is 45.3 Å². The van der Waals surface area contributed by atoms with Gasteiger partial charge < -0.3 is 49.9 Å². The van der Waals surface area contributed by atoms with Crippen LogP contribution < -0.4 is 30.7 Å². The zero-order valence-electron chi connectivity index (χ0n) is 39.4. The van der Waals surface area contributed by atoms with Crippen molar-refractivity contribution in [2.24, 2.45) is 0 Å². The molecular weight excluding hydrogens is 923 g/mol. The first-order chi connectivity index (χ1) is 31.9. The molecule has 4 aromatic rings. The van der Waals surface area contributed by atoms with E-state index in [1.807, 2.05) is 19.9 Å². The van der Waals surface area contributed by atoms with Gasteiger partial charge in [0.05, 0.1) is 55.7 Å². The van der Waals surface area contributed by atoms with E-state index < -0.39 is 65.7 Å². The summed E-state index contributed by atoms with van der Waals surface area (Å²) < 4.78 is 30.0. The lowest BCUT2D eigenvalue weighted by Gasteiger charge is -2.41. The molecule has 2 aromatic carbocycles. The number of benzene rings is 2. The highest BCUT2D eigenvalue weighted by Gasteiger charge is 2.39. The first-order valence-corrected chi connectivity index (χ1v) is 22.5. The molecule has 68 heavy (non-hydrogen) atoms. The maximum absolute atomic E-state index is 14.4. The molecule has 0 aliphatic carbocycles. The van der Waals surface area contributed by atoms with Crippen LogP contribution in [0.15, 0.2) is 48.8 Å². The number of carbonyl (C=O) groups is 6. The number of methoxy groups -OCH3 is 1. The van der Waals surface area contributed by atoms with Crippen molar-refractivity contribution in [1.82, 2.24) is 35.6 Å². The number of nitrogens with one attached hydrogen (secondary N) is 4. The molecule has 2 aliphatic heterocycles. The quantitative estimate of drug-likeness (QED) is 0.103. The Morgan fingerprint density at radius 3 is 2.21 bits per heavy atom. The third kappa shape index (κ3) is 13.0. The normalized spacial score (nSPS) is 14.5. The zero-order valence-corrected chi connectivity index (χ0v) is 40.9. The largest absolute Gasteiger partial charge is 0.496 e. The summed E-state index contributed by atoms with van der Waals surface area (Å²) in [6.07, 6.45) is 1.77. The highest BCUT2D eigenvalue weighted by molar-refractivity contribution is 6.34. The number of amides is 5. The van der Waals surface area contributed by atoms with Gasteiger partial charge in [-0.2, -0.15) is 5.10 Å². The van der Waals surface area contributed by atoms with Gasteiger partial charge in [-0.15, -0.1) is 0 Å². The fourth-order valence-electron chi connectivity index (χ4n) is 7.39. The first-order valence-electron chi connectivity index (χ1n) is 21.8. The molecule has 2 aromatic heterocycles. The second-order valence-electron chi connectivity index (χ2n) is 18.7. The van der Waals surface area contributed by atoms with Crippen LogP contribution in [0.5, 0.6) is 11.5 Å². The minimum atomic E-state index is -1.24. The van der Waals surface area contributed by atoms with Crippen LogP contribution in [0.25, 0.3) is 28.1 Å². The molecular formula is C47H56Cl2N8O11. The molecule has 1 fully saturated rings. The molecule has 19 nitrogen and oxygen atoms in total. The fourth-order valence-corrected chi connectivity index (χ4v) is 7.91. The SMILES string of the molecule is COc1cc2c(cc1-c1cncc(NC(=O)CNC(=O)CC[C@@H](NC(=O)CNC(=O)OC(C)(C)C)C(=O)OC(C)(C)C)c1)-c1c(c(C(=O)N3CCOCC3(C)C)nn1-c1cc(Cl)cc(Cl)c1)CO2. The van der Waals surface area contributed by atoms with Crippen LogP contribution >= 0.6 is 23.2 Å². The molecule has 0 saturated carbocycles. The molecule has 1 atom stereocenters. The highest BCUT2D eigenvalue weighted by atomic mass is 35.5. The molecule has 0 radical (unpaired) electrons. The van der Waals surface area contributed by atoms with Crippen LogP contribution in [-0.4, -0.2) is 118 Å². The number of ether oxygens (including phenoxy) is 5. The number of rotatable bonds is 14. The lowest BCUT2D eigenvalue weighted by atomic mass is 9.95. The molecule has 4 heterocycles. The number of pyridine rings is 1. The highest BCUT2D eigenvalue weighted by Crippen LogP contribution is 2.47. The van der Waals surface area contributed by atoms with E-state index in [-0.39, 0.29) is 31.0 Å². The summed E-state index contributed by atoms with van der Waals surface area (Å²) in [6.45, 7) is 14.1. The summed E-state index contributed by atoms with van der Waals surface area (Å²) in [6, 6.07) is 8.99. The van der Waals surface area contributed by atoms with Gasteiger partial charge in [-0.1, -0.05) is 23.2 Å². The summed E-state index contributed by atoms with van der Waals surface area (Å²) in [5.74, 6) is -2.06. The Morgan fingerprint density at radius 1 is 0.853 bits per heavy atom. The maximum Gasteiger partial charge on any atom is 0.408 e. The zero-order chi connectivity index (χ0) is 49.7. The number of alkyl carbamates (subject to hydrolysis) is 1. The van der Waals surface area contributed by atoms with Crippen molar-refractivity contribution in [3.63, 3.8) is 0 Å². The number of fused-ring (bicyclic) bond motifs is 3. The van der Waals surface area contributed by atoms with E-state index in [9.17, 15) is 28.8 Å². The van der Waals surface area contributed by atoms with Crippen LogP contribution in [-0.2, 0) is 40.0 Å². The third-order valence-corrected chi connectivity index (χ3v) is 10.8. The van der Waals surface area contributed by atoms with Gasteiger partial charge in [0.2, 0.25) is 17.7 Å². The second-order valence-corrected chi connectivity index (χ2v) is 19.6. The van der Waals surface area contributed by atoms with Gasteiger partial charge in [0.25, 0.3) is 5.91 Å². The van der Waals surface area contributed by atoms with Crippen LogP contribution in [0.4, 0.5) is 10.5 Å². The van der Waals surface area contributed by atoms with E-state index in [4.69, 9.17) is 52.0 Å². The minimum absolute atomic E-state index is 0.0283. The summed E-state index contributed by atoms with van der Waals surface area (Å²) in [7, 11) is 1.51. The fraction of sp³-hybridized carbons (Fsp3) is 0.447. The standard InChI is InChI=1S/C47H56Cl2N8O11/c1-45(2,3)67-43(62)34(54-39(60)23-52-44(63)68-46(4,5)6)10-11-37(58)51-22-38(59)53-29-14-26(20-50-21-29)31-18-32-36(19-35(31)64-9)66-24-33-40(42(61)56-12-13-65-25-47(56,7)8)55-57(41(32)33)30-16-27(48)15-28(49)17-30/h14-21,34H,10-13,22-25H2,1-9H3,(H,51,58)(H,52,63)(H,53,59)(H,54,60)/t34-/m1/s1. The third-order valence-electron chi connectivity index (χ3n) is 10.4. The minimum Gasteiger partial charge on any atom is -0.496 e. The second kappa shape index (κ2) is 20.8. The Balaban J connectivity index is 1.18. The van der Waals surface area contributed by atoms with Crippen molar-refractivity contribution in [3.05, 3.63) is 70.1 Å². The van der Waals surface area contributed by atoms with E-state index in [0.29, 0.717) is 80.6 Å². The first kappa shape index (κ1) is 51.0. The van der Waals surface area contributed by atoms with Crippen LogP contribution in [0, 0.1) is 0 Å². The van der Waals surface area contributed by atoms with E-state index in [1.165, 1.54) is 13.3 Å². The number of hydrogen-bond acceptors (Lipinski definition) is 13. The van der Waals surface area contributed by atoms with Crippen molar-refractivity contribution in [1.29, 1.82) is 0 Å². The van der Waals surface area contributed by atoms with Crippen molar-refractivity contribution in [2.45, 2.75) is 97.6 Å². The van der Waals surface area contributed by atoms with Crippen molar-refractivity contribution in [3.8, 4) is 39.6 Å². The molecule has 0 spiro atoms. The Hall–Kier alpha value is -6.44. The van der Waals surface area contributed by atoms with Crippen LogP contribution in [0.1, 0.15) is 84.3 Å². The topological polar surface area (TPSA) is 231 Å². The van der Waals surface area contributed by atoms with Gasteiger partial charge in [-0.05, 0) is 92.1 Å². The van der Waals surface area contributed by atoms with Gasteiger partial charge in [0.1, 0.15) is 41.9 Å². The lowest BCUT2D eigenvalue weighted by Crippen LogP contribution is -2.55. The molecule has 1 saturated heterocycles. The number of esters is 1. The molecule has 4 N–H and O–H groups in total. The van der Waals surface area contributed by atoms with Gasteiger partial charge in [0.15, 0.2) is 5.69 Å². The predicted molar refractivity (Wildman–Crippen MR) is 252 cm³/mol. The molecule has 21 heteroatoms. The van der Waals surface area contributed by atoms with Gasteiger partial charge in [-0.25, -0.2) is 14.3 Å². The Morgan fingerprint density at radius 2 is 1.54 bits per heavy atom. The maximum atomic E-state index is 14.4. The average Bonchev–Trinajstić information content (AvgIpc) is 3.64. The molecule has 5 amide bonds. The summed E-state index contributed by atoms with van der Waals surface area (Å²) >= 11 is 13.0. The summed E-state index contributed by atoms with van der Waals surface area (Å²) in [5, 5.41) is 15.7. The molecule has 0 unspecified atom stereocenters. The van der Waals surface area contributed by atoms with Gasteiger partial charge in [0, 0.05) is 57.5 Å².